The highest BCUT2D eigenvalue weighted by Crippen LogP contribution is 2.25. The Balaban J connectivity index is 1.95. The molecule has 4 heteroatoms. The molecule has 3 aromatic rings. The summed E-state index contributed by atoms with van der Waals surface area (Å²) in [5, 5.41) is 14.8. The van der Waals surface area contributed by atoms with Crippen LogP contribution in [0.15, 0.2) is 43.0 Å². The van der Waals surface area contributed by atoms with Crippen molar-refractivity contribution in [1.82, 2.24) is 14.6 Å². The summed E-state index contributed by atoms with van der Waals surface area (Å²) in [4.78, 5) is 4.10. The first kappa shape index (κ1) is 12.8. The van der Waals surface area contributed by atoms with Gasteiger partial charge in [-0.3, -0.25) is 4.98 Å². The third-order valence-electron chi connectivity index (χ3n) is 3.76. The van der Waals surface area contributed by atoms with Crippen LogP contribution in [0.1, 0.15) is 28.4 Å². The second-order valence-corrected chi connectivity index (χ2v) is 5.10. The van der Waals surface area contributed by atoms with Crippen LogP contribution < -0.4 is 0 Å². The van der Waals surface area contributed by atoms with Gasteiger partial charge in [-0.15, -0.1) is 0 Å². The number of aromatic nitrogens is 3. The van der Waals surface area contributed by atoms with E-state index < -0.39 is 6.10 Å². The smallest absolute Gasteiger partial charge is 0.0903 e. The molecule has 1 aromatic carbocycles. The molecule has 1 atom stereocenters. The largest absolute Gasteiger partial charge is 0.388 e. The van der Waals surface area contributed by atoms with Crippen molar-refractivity contribution in [3.8, 4) is 0 Å². The monoisotopic (exact) mass is 267 g/mol. The summed E-state index contributed by atoms with van der Waals surface area (Å²) < 4.78 is 1.73. The normalized spacial score (nSPS) is 12.8. The Morgan fingerprint density at radius 1 is 1.20 bits per heavy atom. The maximum atomic E-state index is 10.5. The molecule has 3 rings (SSSR count). The summed E-state index contributed by atoms with van der Waals surface area (Å²) in [6.07, 6.45) is 6.93. The van der Waals surface area contributed by atoms with E-state index in [1.54, 1.807) is 29.3 Å². The molecule has 0 spiro atoms. The number of hydrogen-bond donors (Lipinski definition) is 1. The van der Waals surface area contributed by atoms with Crippen LogP contribution in [0.5, 0.6) is 0 Å². The minimum Gasteiger partial charge on any atom is -0.388 e. The van der Waals surface area contributed by atoms with Gasteiger partial charge in [0.2, 0.25) is 0 Å². The average molecular weight is 267 g/mol. The topological polar surface area (TPSA) is 50.4 Å². The molecule has 20 heavy (non-hydrogen) atoms. The fourth-order valence-electron chi connectivity index (χ4n) is 2.58. The first-order valence-electron chi connectivity index (χ1n) is 6.67. The van der Waals surface area contributed by atoms with Gasteiger partial charge in [-0.1, -0.05) is 18.2 Å². The van der Waals surface area contributed by atoms with Gasteiger partial charge in [0.15, 0.2) is 0 Å². The van der Waals surface area contributed by atoms with Crippen LogP contribution in [0.25, 0.3) is 5.52 Å². The predicted octanol–water partition coefficient (Wildman–Crippen LogP) is 2.62. The van der Waals surface area contributed by atoms with Gasteiger partial charge in [-0.25, -0.2) is 4.52 Å². The first-order valence-corrected chi connectivity index (χ1v) is 6.67. The number of aliphatic hydroxyl groups is 1. The van der Waals surface area contributed by atoms with Gasteiger partial charge < -0.3 is 5.11 Å². The summed E-state index contributed by atoms with van der Waals surface area (Å²) >= 11 is 0. The Morgan fingerprint density at radius 3 is 2.70 bits per heavy atom. The standard InChI is InChI=1S/C16H17N3O/c1-11-4-3-5-12(2)13(11)8-16(20)14-9-18-19-7-6-17-10-15(14)19/h3-7,9-10,16,20H,8H2,1-2H3. The van der Waals surface area contributed by atoms with E-state index >= 15 is 0 Å². The lowest BCUT2D eigenvalue weighted by Crippen LogP contribution is -2.04. The highest BCUT2D eigenvalue weighted by atomic mass is 16.3. The number of rotatable bonds is 3. The van der Waals surface area contributed by atoms with Gasteiger partial charge in [0, 0.05) is 24.4 Å². The van der Waals surface area contributed by atoms with Crippen molar-refractivity contribution in [2.24, 2.45) is 0 Å². The molecule has 0 aliphatic rings. The molecule has 1 unspecified atom stereocenters. The van der Waals surface area contributed by atoms with Crippen LogP contribution in [0.4, 0.5) is 0 Å². The lowest BCUT2D eigenvalue weighted by molar-refractivity contribution is 0.179. The van der Waals surface area contributed by atoms with Gasteiger partial charge in [0.25, 0.3) is 0 Å². The molecule has 4 nitrogen and oxygen atoms in total. The van der Waals surface area contributed by atoms with Crippen molar-refractivity contribution in [2.45, 2.75) is 26.4 Å². The van der Waals surface area contributed by atoms with Gasteiger partial charge in [-0.2, -0.15) is 5.10 Å². The van der Waals surface area contributed by atoms with E-state index in [-0.39, 0.29) is 0 Å². The van der Waals surface area contributed by atoms with E-state index in [2.05, 4.69) is 36.1 Å². The minimum atomic E-state index is -0.573. The molecule has 0 radical (unpaired) electrons. The Morgan fingerprint density at radius 2 is 1.95 bits per heavy atom. The second-order valence-electron chi connectivity index (χ2n) is 5.10. The Hall–Kier alpha value is -2.20. The van der Waals surface area contributed by atoms with Crippen LogP contribution in [0, 0.1) is 13.8 Å². The van der Waals surface area contributed by atoms with Crippen molar-refractivity contribution in [2.75, 3.05) is 0 Å². The highest BCUT2D eigenvalue weighted by Gasteiger charge is 2.16. The zero-order valence-corrected chi connectivity index (χ0v) is 11.6. The number of aliphatic hydroxyl groups excluding tert-OH is 1. The SMILES string of the molecule is Cc1cccc(C)c1CC(O)c1cnn2ccncc12. The predicted molar refractivity (Wildman–Crippen MR) is 77.6 cm³/mol. The molecule has 0 aliphatic carbocycles. The fraction of sp³-hybridized carbons (Fsp3) is 0.250. The van der Waals surface area contributed by atoms with Gasteiger partial charge in [-0.05, 0) is 30.5 Å². The van der Waals surface area contributed by atoms with Crippen LogP contribution in [0.3, 0.4) is 0 Å². The molecule has 2 aromatic heterocycles. The van der Waals surface area contributed by atoms with E-state index in [9.17, 15) is 5.11 Å². The maximum Gasteiger partial charge on any atom is 0.0903 e. The van der Waals surface area contributed by atoms with Crippen LogP contribution in [0.2, 0.25) is 0 Å². The molecule has 0 bridgehead atoms. The van der Waals surface area contributed by atoms with Gasteiger partial charge in [0.05, 0.1) is 24.0 Å². The van der Waals surface area contributed by atoms with Crippen LogP contribution in [-0.2, 0) is 6.42 Å². The first-order chi connectivity index (χ1) is 9.66. The average Bonchev–Trinajstić information content (AvgIpc) is 2.87. The summed E-state index contributed by atoms with van der Waals surface area (Å²) in [6.45, 7) is 4.15. The van der Waals surface area contributed by atoms with Gasteiger partial charge in [0.1, 0.15) is 0 Å². The fourth-order valence-corrected chi connectivity index (χ4v) is 2.58. The third-order valence-corrected chi connectivity index (χ3v) is 3.76. The molecule has 0 amide bonds. The summed E-state index contributed by atoms with van der Waals surface area (Å²) in [7, 11) is 0. The Bertz CT molecular complexity index is 728. The van der Waals surface area contributed by atoms with Crippen molar-refractivity contribution in [3.63, 3.8) is 0 Å². The molecule has 1 N–H and O–H groups in total. The van der Waals surface area contributed by atoms with Gasteiger partial charge >= 0.3 is 0 Å². The lowest BCUT2D eigenvalue weighted by atomic mass is 9.95. The molecule has 2 heterocycles. The Kier molecular flexibility index (Phi) is 3.24. The van der Waals surface area contributed by atoms with Crippen molar-refractivity contribution in [3.05, 3.63) is 65.2 Å². The molecule has 102 valence electrons. The maximum absolute atomic E-state index is 10.5. The van der Waals surface area contributed by atoms with E-state index in [1.165, 1.54) is 16.7 Å². The minimum absolute atomic E-state index is 0.573. The zero-order valence-electron chi connectivity index (χ0n) is 11.6. The zero-order chi connectivity index (χ0) is 14.1. The summed E-state index contributed by atoms with van der Waals surface area (Å²) in [5.74, 6) is 0. The molecule has 0 saturated carbocycles. The second kappa shape index (κ2) is 5.06. The van der Waals surface area contributed by atoms with E-state index in [0.717, 1.165) is 11.1 Å². The Labute approximate surface area is 117 Å². The summed E-state index contributed by atoms with van der Waals surface area (Å²) in [6, 6.07) is 6.19. The van der Waals surface area contributed by atoms with Crippen molar-refractivity contribution >= 4 is 5.52 Å². The highest BCUT2D eigenvalue weighted by molar-refractivity contribution is 5.53. The summed E-state index contributed by atoms with van der Waals surface area (Å²) in [5.41, 5.74) is 5.28. The molecule has 0 fully saturated rings. The van der Waals surface area contributed by atoms with Crippen molar-refractivity contribution < 1.29 is 5.11 Å². The number of hydrogen-bond acceptors (Lipinski definition) is 3. The van der Waals surface area contributed by atoms with E-state index in [1.807, 2.05) is 6.07 Å². The molecule has 0 aliphatic heterocycles. The molecular formula is C16H17N3O. The molecule has 0 saturated heterocycles. The quantitative estimate of drug-likeness (QED) is 0.793. The number of fused-ring (bicyclic) bond motifs is 1. The lowest BCUT2D eigenvalue weighted by Gasteiger charge is -2.14. The third kappa shape index (κ3) is 2.18. The van der Waals surface area contributed by atoms with Crippen LogP contribution in [-0.4, -0.2) is 19.7 Å². The van der Waals surface area contributed by atoms with Crippen molar-refractivity contribution in [1.29, 1.82) is 0 Å². The van der Waals surface area contributed by atoms with Crippen LogP contribution >= 0.6 is 0 Å². The number of aryl methyl sites for hydroxylation is 2. The number of benzene rings is 1. The van der Waals surface area contributed by atoms with E-state index in [0.29, 0.717) is 6.42 Å². The number of nitrogens with zero attached hydrogens (tertiary/aromatic N) is 3. The molecular weight excluding hydrogens is 250 g/mol. The van der Waals surface area contributed by atoms with E-state index in [4.69, 9.17) is 0 Å².